The van der Waals surface area contributed by atoms with Gasteiger partial charge in [-0.3, -0.25) is 0 Å². The van der Waals surface area contributed by atoms with Crippen LogP contribution >= 0.6 is 15.9 Å². The van der Waals surface area contributed by atoms with Crippen molar-refractivity contribution in [1.82, 2.24) is 0 Å². The third kappa shape index (κ3) is 3.23. The fourth-order valence-corrected chi connectivity index (χ4v) is 3.50. The molecule has 0 spiro atoms. The summed E-state index contributed by atoms with van der Waals surface area (Å²) in [4.78, 5) is 0. The number of hydrogen-bond acceptors (Lipinski definition) is 3. The second kappa shape index (κ2) is 5.71. The van der Waals surface area contributed by atoms with E-state index in [1.54, 1.807) is 0 Å². The first kappa shape index (κ1) is 14.7. The summed E-state index contributed by atoms with van der Waals surface area (Å²) in [7, 11) is 0. The molecule has 1 aromatic rings. The molecule has 1 fully saturated rings. The van der Waals surface area contributed by atoms with E-state index >= 15 is 0 Å². The Morgan fingerprint density at radius 1 is 1.53 bits per heavy atom. The molecule has 0 radical (unpaired) electrons. The van der Waals surface area contributed by atoms with Crippen LogP contribution in [-0.2, 0) is 0 Å². The van der Waals surface area contributed by atoms with Gasteiger partial charge in [0.05, 0.1) is 12.1 Å². The number of rotatable bonds is 3. The highest BCUT2D eigenvalue weighted by Crippen LogP contribution is 2.37. The molecule has 1 aliphatic carbocycles. The fraction of sp³-hybridized carbons (Fsp3) is 0.600. The van der Waals surface area contributed by atoms with Crippen LogP contribution in [0.4, 0.5) is 11.4 Å². The van der Waals surface area contributed by atoms with Gasteiger partial charge < -0.3 is 16.2 Å². The summed E-state index contributed by atoms with van der Waals surface area (Å²) in [5.41, 5.74) is 8.58. The molecule has 4 heteroatoms. The van der Waals surface area contributed by atoms with Crippen molar-refractivity contribution >= 4 is 27.3 Å². The summed E-state index contributed by atoms with van der Waals surface area (Å²) in [6.45, 7) is 4.43. The van der Waals surface area contributed by atoms with Crippen LogP contribution < -0.4 is 11.1 Å². The van der Waals surface area contributed by atoms with Gasteiger partial charge in [-0.1, -0.05) is 19.8 Å². The lowest BCUT2D eigenvalue weighted by Gasteiger charge is -2.40. The number of halogens is 1. The highest BCUT2D eigenvalue weighted by molar-refractivity contribution is 9.10. The van der Waals surface area contributed by atoms with Gasteiger partial charge in [-0.05, 0) is 59.3 Å². The molecule has 0 aromatic heterocycles. The van der Waals surface area contributed by atoms with E-state index < -0.39 is 0 Å². The lowest BCUT2D eigenvalue weighted by Crippen LogP contribution is -2.46. The molecule has 0 heterocycles. The normalized spacial score (nSPS) is 27.3. The lowest BCUT2D eigenvalue weighted by atomic mass is 9.76. The Morgan fingerprint density at radius 3 is 2.89 bits per heavy atom. The minimum absolute atomic E-state index is 0.174. The summed E-state index contributed by atoms with van der Waals surface area (Å²) in [5, 5.41) is 13.4. The largest absolute Gasteiger partial charge is 0.398 e. The van der Waals surface area contributed by atoms with Gasteiger partial charge in [0.1, 0.15) is 0 Å². The van der Waals surface area contributed by atoms with E-state index in [1.807, 2.05) is 13.0 Å². The van der Waals surface area contributed by atoms with Crippen molar-refractivity contribution in [1.29, 1.82) is 0 Å². The van der Waals surface area contributed by atoms with Crippen LogP contribution in [-0.4, -0.2) is 17.3 Å². The molecule has 1 aliphatic rings. The SMILES string of the molecule is Cc1cc(NC2(CO)CCCC(C)C2)c(Br)cc1N. The molecule has 2 unspecified atom stereocenters. The summed E-state index contributed by atoms with van der Waals surface area (Å²) < 4.78 is 0.960. The van der Waals surface area contributed by atoms with Crippen LogP contribution in [0.5, 0.6) is 0 Å². The van der Waals surface area contributed by atoms with Crippen molar-refractivity contribution in [2.45, 2.75) is 45.1 Å². The van der Waals surface area contributed by atoms with Gasteiger partial charge in [0, 0.05) is 15.8 Å². The molecule has 1 saturated carbocycles. The van der Waals surface area contributed by atoms with Gasteiger partial charge in [-0.2, -0.15) is 0 Å². The summed E-state index contributed by atoms with van der Waals surface area (Å²) in [5.74, 6) is 0.655. The molecule has 2 rings (SSSR count). The van der Waals surface area contributed by atoms with Gasteiger partial charge in [-0.15, -0.1) is 0 Å². The molecule has 0 amide bonds. The number of nitrogens with one attached hydrogen (secondary N) is 1. The molecule has 0 saturated heterocycles. The molecule has 2 atom stereocenters. The maximum atomic E-state index is 9.83. The summed E-state index contributed by atoms with van der Waals surface area (Å²) in [6.07, 6.45) is 4.45. The third-order valence-corrected chi connectivity index (χ3v) is 4.81. The van der Waals surface area contributed by atoms with E-state index in [2.05, 4.69) is 34.2 Å². The molecule has 19 heavy (non-hydrogen) atoms. The molecule has 0 bridgehead atoms. The fourth-order valence-electron chi connectivity index (χ4n) is 3.04. The van der Waals surface area contributed by atoms with Crippen LogP contribution in [0.25, 0.3) is 0 Å². The quantitative estimate of drug-likeness (QED) is 0.742. The van der Waals surface area contributed by atoms with Gasteiger partial charge >= 0.3 is 0 Å². The molecular weight excluding hydrogens is 304 g/mol. The Kier molecular flexibility index (Phi) is 4.41. The zero-order valence-corrected chi connectivity index (χ0v) is 13.3. The number of aliphatic hydroxyl groups excluding tert-OH is 1. The predicted molar refractivity (Wildman–Crippen MR) is 84.4 cm³/mol. The van der Waals surface area contributed by atoms with Crippen molar-refractivity contribution in [3.05, 3.63) is 22.2 Å². The van der Waals surface area contributed by atoms with E-state index in [0.717, 1.165) is 34.3 Å². The van der Waals surface area contributed by atoms with Gasteiger partial charge in [0.2, 0.25) is 0 Å². The number of aliphatic hydroxyl groups is 1. The van der Waals surface area contributed by atoms with Crippen molar-refractivity contribution in [2.24, 2.45) is 5.92 Å². The maximum Gasteiger partial charge on any atom is 0.0661 e. The molecule has 4 N–H and O–H groups in total. The Bertz CT molecular complexity index is 464. The van der Waals surface area contributed by atoms with Crippen LogP contribution in [0.1, 0.15) is 38.2 Å². The minimum atomic E-state index is -0.192. The minimum Gasteiger partial charge on any atom is -0.398 e. The van der Waals surface area contributed by atoms with Crippen molar-refractivity contribution in [3.8, 4) is 0 Å². The van der Waals surface area contributed by atoms with Gasteiger partial charge in [0.15, 0.2) is 0 Å². The van der Waals surface area contributed by atoms with E-state index in [1.165, 1.54) is 12.8 Å². The van der Waals surface area contributed by atoms with Crippen molar-refractivity contribution in [2.75, 3.05) is 17.7 Å². The monoisotopic (exact) mass is 326 g/mol. The standard InChI is InChI=1S/C15H23BrN2O/c1-10-4-3-5-15(8-10,9-19)18-14-6-11(2)13(17)7-12(14)16/h6-7,10,18-19H,3-5,8-9,17H2,1-2H3. The summed E-state index contributed by atoms with van der Waals surface area (Å²) in [6, 6.07) is 3.98. The van der Waals surface area contributed by atoms with Gasteiger partial charge in [0.25, 0.3) is 0 Å². The highest BCUT2D eigenvalue weighted by Gasteiger charge is 2.34. The second-order valence-electron chi connectivity index (χ2n) is 5.95. The van der Waals surface area contributed by atoms with Crippen LogP contribution in [0.2, 0.25) is 0 Å². The topological polar surface area (TPSA) is 58.3 Å². The Morgan fingerprint density at radius 2 is 2.26 bits per heavy atom. The lowest BCUT2D eigenvalue weighted by molar-refractivity contribution is 0.149. The van der Waals surface area contributed by atoms with Crippen molar-refractivity contribution < 1.29 is 5.11 Å². The second-order valence-corrected chi connectivity index (χ2v) is 6.81. The highest BCUT2D eigenvalue weighted by atomic mass is 79.9. The van der Waals surface area contributed by atoms with E-state index in [0.29, 0.717) is 5.92 Å². The third-order valence-electron chi connectivity index (χ3n) is 4.15. The Hall–Kier alpha value is -0.740. The summed E-state index contributed by atoms with van der Waals surface area (Å²) >= 11 is 3.55. The van der Waals surface area contributed by atoms with Crippen molar-refractivity contribution in [3.63, 3.8) is 0 Å². The molecular formula is C15H23BrN2O. The number of anilines is 2. The predicted octanol–water partition coefficient (Wildman–Crippen LogP) is 3.69. The molecule has 106 valence electrons. The average molecular weight is 327 g/mol. The van der Waals surface area contributed by atoms with E-state index in [-0.39, 0.29) is 12.1 Å². The molecule has 0 aliphatic heterocycles. The smallest absolute Gasteiger partial charge is 0.0661 e. The van der Waals surface area contributed by atoms with Crippen LogP contribution in [0.15, 0.2) is 16.6 Å². The van der Waals surface area contributed by atoms with Gasteiger partial charge in [-0.25, -0.2) is 0 Å². The number of hydrogen-bond donors (Lipinski definition) is 3. The Labute approximate surface area is 123 Å². The number of aryl methyl sites for hydroxylation is 1. The number of benzene rings is 1. The molecule has 3 nitrogen and oxygen atoms in total. The number of nitrogens with two attached hydrogens (primary N) is 1. The Balaban J connectivity index is 2.25. The van der Waals surface area contributed by atoms with Crippen LogP contribution in [0, 0.1) is 12.8 Å². The van der Waals surface area contributed by atoms with E-state index in [9.17, 15) is 5.11 Å². The average Bonchev–Trinajstić information content (AvgIpc) is 2.36. The first-order valence-corrected chi connectivity index (χ1v) is 7.70. The van der Waals surface area contributed by atoms with Crippen LogP contribution in [0.3, 0.4) is 0 Å². The zero-order valence-electron chi connectivity index (χ0n) is 11.7. The maximum absolute atomic E-state index is 9.83. The zero-order chi connectivity index (χ0) is 14.0. The first-order valence-electron chi connectivity index (χ1n) is 6.90. The first-order chi connectivity index (χ1) is 8.96. The number of nitrogen functional groups attached to an aromatic ring is 1. The molecule has 1 aromatic carbocycles. The van der Waals surface area contributed by atoms with E-state index in [4.69, 9.17) is 5.73 Å².